The highest BCUT2D eigenvalue weighted by atomic mass is 16.5. The van der Waals surface area contributed by atoms with Crippen LogP contribution in [0.1, 0.15) is 104 Å². The number of hydrogen-bond donors (Lipinski definition) is 1. The average molecular weight is 415 g/mol. The summed E-state index contributed by atoms with van der Waals surface area (Å²) in [6.45, 7) is 4.96. The van der Waals surface area contributed by atoms with Crippen LogP contribution in [-0.2, 0) is 14.3 Å². The van der Waals surface area contributed by atoms with Crippen molar-refractivity contribution in [3.63, 3.8) is 0 Å². The predicted octanol–water partition coefficient (Wildman–Crippen LogP) is 5.81. The lowest BCUT2D eigenvalue weighted by Gasteiger charge is -2.28. The molecule has 0 rings (SSSR count). The lowest BCUT2D eigenvalue weighted by Crippen LogP contribution is -2.43. The summed E-state index contributed by atoms with van der Waals surface area (Å²) in [7, 11) is 5.91. The Bertz CT molecular complexity index is 431. The normalized spacial score (nSPS) is 13.8. The summed E-state index contributed by atoms with van der Waals surface area (Å²) in [6.07, 6.45) is 15.1. The number of carboxylic acids is 1. The number of nitrogens with zero attached hydrogens (tertiary/aromatic N) is 1. The molecule has 5 nitrogen and oxygen atoms in total. The van der Waals surface area contributed by atoms with Gasteiger partial charge in [-0.25, -0.2) is 0 Å². The third kappa shape index (κ3) is 20.0. The predicted molar refractivity (Wildman–Crippen MR) is 120 cm³/mol. The van der Waals surface area contributed by atoms with Gasteiger partial charge in [-0.05, 0) is 12.3 Å². The monoisotopic (exact) mass is 414 g/mol. The highest BCUT2D eigenvalue weighted by molar-refractivity contribution is 5.71. The summed E-state index contributed by atoms with van der Waals surface area (Å²) in [6, 6.07) is 0. The minimum Gasteiger partial charge on any atom is -0.481 e. The van der Waals surface area contributed by atoms with Gasteiger partial charge in [0.2, 0.25) is 0 Å². The number of ether oxygens (including phenoxy) is 1. The van der Waals surface area contributed by atoms with Crippen LogP contribution in [0.3, 0.4) is 0 Å². The summed E-state index contributed by atoms with van der Waals surface area (Å²) in [5.74, 6) is -0.682. The zero-order valence-electron chi connectivity index (χ0n) is 19.9. The van der Waals surface area contributed by atoms with Crippen molar-refractivity contribution in [3.05, 3.63) is 0 Å². The number of carboxylic acid groups (broad SMARTS) is 1. The van der Waals surface area contributed by atoms with Crippen molar-refractivity contribution >= 4 is 11.9 Å². The van der Waals surface area contributed by atoms with E-state index in [9.17, 15) is 9.59 Å². The van der Waals surface area contributed by atoms with Crippen molar-refractivity contribution < 1.29 is 23.9 Å². The van der Waals surface area contributed by atoms with E-state index in [4.69, 9.17) is 9.84 Å². The lowest BCUT2D eigenvalue weighted by molar-refractivity contribution is -0.873. The molecule has 0 aliphatic heterocycles. The first-order chi connectivity index (χ1) is 13.6. The van der Waals surface area contributed by atoms with Gasteiger partial charge in [-0.3, -0.25) is 9.59 Å². The Hall–Kier alpha value is -1.10. The van der Waals surface area contributed by atoms with Gasteiger partial charge in [-0.1, -0.05) is 84.5 Å². The zero-order valence-corrected chi connectivity index (χ0v) is 19.9. The number of esters is 1. The first-order valence-electron chi connectivity index (χ1n) is 11.9. The van der Waals surface area contributed by atoms with Crippen LogP contribution in [0.25, 0.3) is 0 Å². The summed E-state index contributed by atoms with van der Waals surface area (Å²) >= 11 is 0. The topological polar surface area (TPSA) is 63.6 Å². The van der Waals surface area contributed by atoms with Crippen LogP contribution in [0.4, 0.5) is 0 Å². The molecule has 1 N–H and O–H groups in total. The van der Waals surface area contributed by atoms with Gasteiger partial charge in [0.15, 0.2) is 6.10 Å². The van der Waals surface area contributed by atoms with Gasteiger partial charge >= 0.3 is 11.9 Å². The zero-order chi connectivity index (χ0) is 22.1. The molecular weight excluding hydrogens is 366 g/mol. The van der Waals surface area contributed by atoms with Crippen LogP contribution in [0.15, 0.2) is 0 Å². The number of quaternary nitrogens is 1. The summed E-state index contributed by atoms with van der Waals surface area (Å²) < 4.78 is 6.03. The molecular formula is C24H48NO4+. The molecule has 0 aliphatic carbocycles. The molecule has 29 heavy (non-hydrogen) atoms. The molecule has 0 amide bonds. The van der Waals surface area contributed by atoms with Crippen LogP contribution >= 0.6 is 0 Å². The number of rotatable bonds is 19. The van der Waals surface area contributed by atoms with Crippen LogP contribution < -0.4 is 0 Å². The van der Waals surface area contributed by atoms with Crippen molar-refractivity contribution in [2.24, 2.45) is 5.92 Å². The molecule has 0 aromatic heterocycles. The van der Waals surface area contributed by atoms with E-state index in [1.165, 1.54) is 64.2 Å². The van der Waals surface area contributed by atoms with E-state index < -0.39 is 12.1 Å². The maximum atomic E-state index is 12.1. The van der Waals surface area contributed by atoms with Crippen molar-refractivity contribution in [1.82, 2.24) is 0 Å². The number of unbranched alkanes of at least 4 members (excludes halogenated alkanes) is 9. The second-order valence-electron chi connectivity index (χ2n) is 9.80. The molecule has 172 valence electrons. The van der Waals surface area contributed by atoms with Gasteiger partial charge in [0.25, 0.3) is 0 Å². The first kappa shape index (κ1) is 27.9. The molecule has 0 bridgehead atoms. The quantitative estimate of drug-likeness (QED) is 0.165. The fourth-order valence-corrected chi connectivity index (χ4v) is 3.68. The maximum Gasteiger partial charge on any atom is 0.307 e. The Kier molecular flexibility index (Phi) is 16.0. The Morgan fingerprint density at radius 3 is 1.86 bits per heavy atom. The maximum absolute atomic E-state index is 12.1. The third-order valence-corrected chi connectivity index (χ3v) is 5.34. The molecule has 0 aliphatic rings. The number of carbonyl (C=O) groups is 2. The largest absolute Gasteiger partial charge is 0.481 e. The van der Waals surface area contributed by atoms with Crippen molar-refractivity contribution in [2.45, 2.75) is 110 Å². The molecule has 0 radical (unpaired) electrons. The molecule has 0 aromatic rings. The van der Waals surface area contributed by atoms with E-state index in [2.05, 4.69) is 13.8 Å². The molecule has 2 unspecified atom stereocenters. The highest BCUT2D eigenvalue weighted by Gasteiger charge is 2.24. The van der Waals surface area contributed by atoms with Crippen LogP contribution in [0, 0.1) is 5.92 Å². The average Bonchev–Trinajstić information content (AvgIpc) is 2.59. The van der Waals surface area contributed by atoms with E-state index in [0.29, 0.717) is 23.4 Å². The van der Waals surface area contributed by atoms with Gasteiger partial charge in [0.05, 0.1) is 27.6 Å². The molecule has 0 fully saturated rings. The van der Waals surface area contributed by atoms with E-state index in [-0.39, 0.29) is 12.4 Å². The standard InChI is InChI=1S/C24H47NO4/c1-6-7-8-9-10-11-12-13-14-15-16-21(2)17-18-24(28)29-22(19-23(26)27)20-25(3,4)5/h21-22H,6-20H2,1-5H3/p+1. The minimum atomic E-state index is -0.925. The first-order valence-corrected chi connectivity index (χ1v) is 11.9. The highest BCUT2D eigenvalue weighted by Crippen LogP contribution is 2.18. The van der Waals surface area contributed by atoms with Gasteiger partial charge < -0.3 is 14.3 Å². The number of carbonyl (C=O) groups excluding carboxylic acids is 1. The van der Waals surface area contributed by atoms with E-state index in [0.717, 1.165) is 12.8 Å². The van der Waals surface area contributed by atoms with Gasteiger partial charge in [-0.2, -0.15) is 0 Å². The van der Waals surface area contributed by atoms with Gasteiger partial charge in [0, 0.05) is 6.42 Å². The molecule has 0 aromatic carbocycles. The second-order valence-corrected chi connectivity index (χ2v) is 9.80. The minimum absolute atomic E-state index is 0.130. The van der Waals surface area contributed by atoms with Crippen LogP contribution in [0.2, 0.25) is 0 Å². The SMILES string of the molecule is CCCCCCCCCCCCC(C)CCC(=O)OC(CC(=O)O)C[N+](C)(C)C. The van der Waals surface area contributed by atoms with E-state index >= 15 is 0 Å². The second kappa shape index (κ2) is 16.7. The summed E-state index contributed by atoms with van der Waals surface area (Å²) in [4.78, 5) is 23.2. The number of aliphatic carboxylic acids is 1. The molecule has 5 heteroatoms. The molecule has 2 atom stereocenters. The van der Waals surface area contributed by atoms with Crippen molar-refractivity contribution in [1.29, 1.82) is 0 Å². The fraction of sp³-hybridized carbons (Fsp3) is 0.917. The summed E-state index contributed by atoms with van der Waals surface area (Å²) in [5.41, 5.74) is 0. The van der Waals surface area contributed by atoms with Crippen LogP contribution in [-0.4, -0.2) is 55.3 Å². The summed E-state index contributed by atoms with van der Waals surface area (Å²) in [5, 5.41) is 9.04. The van der Waals surface area contributed by atoms with E-state index in [1.807, 2.05) is 21.1 Å². The Morgan fingerprint density at radius 1 is 0.862 bits per heavy atom. The number of hydrogen-bond acceptors (Lipinski definition) is 3. The molecule has 0 saturated heterocycles. The third-order valence-electron chi connectivity index (χ3n) is 5.34. The Labute approximate surface area is 179 Å². The fourth-order valence-electron chi connectivity index (χ4n) is 3.68. The van der Waals surface area contributed by atoms with E-state index in [1.54, 1.807) is 0 Å². The molecule has 0 heterocycles. The molecule has 0 spiro atoms. The van der Waals surface area contributed by atoms with Crippen LogP contribution in [0.5, 0.6) is 0 Å². The Morgan fingerprint density at radius 2 is 1.38 bits per heavy atom. The van der Waals surface area contributed by atoms with Gasteiger partial charge in [0.1, 0.15) is 6.54 Å². The smallest absolute Gasteiger partial charge is 0.307 e. The number of likely N-dealkylation sites (N-methyl/N-ethyl adjacent to an activating group) is 1. The molecule has 0 saturated carbocycles. The van der Waals surface area contributed by atoms with Crippen molar-refractivity contribution in [2.75, 3.05) is 27.7 Å². The van der Waals surface area contributed by atoms with Crippen molar-refractivity contribution in [3.8, 4) is 0 Å². The van der Waals surface area contributed by atoms with Gasteiger partial charge in [-0.15, -0.1) is 0 Å². The Balaban J connectivity index is 3.82. The lowest BCUT2D eigenvalue weighted by atomic mass is 9.97.